The number of anilines is 3. The summed E-state index contributed by atoms with van der Waals surface area (Å²) in [6, 6.07) is 8.49. The van der Waals surface area contributed by atoms with Gasteiger partial charge in [0.1, 0.15) is 11.4 Å². The second kappa shape index (κ2) is 10.0. The van der Waals surface area contributed by atoms with E-state index in [1.165, 1.54) is 18.2 Å². The topological polar surface area (TPSA) is 118 Å². The molecule has 1 aliphatic rings. The third-order valence-electron chi connectivity index (χ3n) is 5.39. The summed E-state index contributed by atoms with van der Waals surface area (Å²) >= 11 is 6.31. The number of hydrogen-bond acceptors (Lipinski definition) is 7. The number of H-pyrrole nitrogens is 1. The third-order valence-corrected chi connectivity index (χ3v) is 5.69. The van der Waals surface area contributed by atoms with Gasteiger partial charge in [0.2, 0.25) is 11.9 Å². The molecule has 0 radical (unpaired) electrons. The van der Waals surface area contributed by atoms with Gasteiger partial charge in [-0.3, -0.25) is 0 Å². The zero-order valence-electron chi connectivity index (χ0n) is 20.3. The van der Waals surface area contributed by atoms with Crippen molar-refractivity contribution in [2.75, 3.05) is 30.7 Å². The van der Waals surface area contributed by atoms with E-state index in [1.54, 1.807) is 37.8 Å². The van der Waals surface area contributed by atoms with Gasteiger partial charge in [-0.05, 0) is 50.6 Å². The van der Waals surface area contributed by atoms with Crippen molar-refractivity contribution < 1.29 is 27.4 Å². The molecule has 0 bridgehead atoms. The minimum atomic E-state index is -4.67. The Hall–Kier alpha value is -3.67. The normalized spacial score (nSPS) is 14.3. The number of rotatable bonds is 6. The van der Waals surface area contributed by atoms with Crippen LogP contribution >= 0.6 is 11.6 Å². The van der Waals surface area contributed by atoms with Crippen LogP contribution in [0.3, 0.4) is 0 Å². The number of carbonyl (C=O) groups excluding carboxylic acids is 1. The zero-order valence-corrected chi connectivity index (χ0v) is 21.1. The fraction of sp³-hybridized carbons (Fsp3) is 0.375. The first kappa shape index (κ1) is 26.4. The highest BCUT2D eigenvalue weighted by molar-refractivity contribution is 6.34. The number of ether oxygens (including phenoxy) is 2. The average Bonchev–Trinajstić information content (AvgIpc) is 3.15. The number of likely N-dealkylation sites (tertiary alicyclic amines) is 1. The van der Waals surface area contributed by atoms with E-state index in [9.17, 15) is 18.0 Å². The van der Waals surface area contributed by atoms with E-state index in [0.29, 0.717) is 25.4 Å². The smallest absolute Gasteiger partial charge is 0.417 e. The number of amides is 1. The summed E-state index contributed by atoms with van der Waals surface area (Å²) in [5.41, 5.74) is 4.15. The van der Waals surface area contributed by atoms with Crippen LogP contribution in [0.2, 0.25) is 5.02 Å². The molecule has 2 aromatic carbocycles. The first-order valence-electron chi connectivity index (χ1n) is 11.4. The molecule has 0 saturated carbocycles. The van der Waals surface area contributed by atoms with Crippen LogP contribution in [0.4, 0.5) is 35.5 Å². The summed E-state index contributed by atoms with van der Waals surface area (Å²) in [4.78, 5) is 17.4. The number of nitrogens with zero attached hydrogens (tertiary/aromatic N) is 3. The summed E-state index contributed by atoms with van der Waals surface area (Å²) in [6.45, 7) is 6.80. The Kier molecular flexibility index (Phi) is 7.13. The summed E-state index contributed by atoms with van der Waals surface area (Å²) in [7, 11) is 0. The lowest BCUT2D eigenvalue weighted by molar-refractivity contribution is -0.137. The van der Waals surface area contributed by atoms with Crippen molar-refractivity contribution in [3.05, 3.63) is 47.0 Å². The lowest BCUT2D eigenvalue weighted by atomic mass is 9.98. The van der Waals surface area contributed by atoms with Crippen molar-refractivity contribution >= 4 is 35.3 Å². The number of halogens is 4. The predicted molar refractivity (Wildman–Crippen MR) is 133 cm³/mol. The van der Waals surface area contributed by atoms with Gasteiger partial charge in [0.05, 0.1) is 17.2 Å². The third kappa shape index (κ3) is 6.56. The van der Waals surface area contributed by atoms with Gasteiger partial charge in [-0.2, -0.15) is 18.2 Å². The molecule has 0 aliphatic carbocycles. The summed E-state index contributed by atoms with van der Waals surface area (Å²) in [5.74, 6) is 0.653. The Balaban J connectivity index is 1.42. The van der Waals surface area contributed by atoms with Gasteiger partial charge in [0.25, 0.3) is 0 Å². The maximum atomic E-state index is 13.9. The number of hydrogen-bond donors (Lipinski definition) is 3. The van der Waals surface area contributed by atoms with Crippen LogP contribution < -0.4 is 15.8 Å². The van der Waals surface area contributed by atoms with Crippen molar-refractivity contribution in [1.82, 2.24) is 20.1 Å². The molecule has 198 valence electrons. The van der Waals surface area contributed by atoms with Crippen LogP contribution in [0, 0.1) is 5.92 Å². The highest BCUT2D eigenvalue weighted by Crippen LogP contribution is 2.43. The Bertz CT molecular complexity index is 1270. The number of carbonyl (C=O) groups is 1. The molecule has 4 N–H and O–H groups in total. The van der Waals surface area contributed by atoms with Crippen molar-refractivity contribution in [1.29, 1.82) is 0 Å². The molecule has 1 aromatic heterocycles. The second-order valence-electron chi connectivity index (χ2n) is 9.63. The van der Waals surface area contributed by atoms with E-state index in [1.807, 2.05) is 0 Å². The van der Waals surface area contributed by atoms with E-state index in [-0.39, 0.29) is 45.7 Å². The lowest BCUT2D eigenvalue weighted by Crippen LogP contribution is -2.53. The molecule has 0 unspecified atom stereocenters. The molecule has 1 amide bonds. The largest absolute Gasteiger partial charge is 0.493 e. The maximum absolute atomic E-state index is 13.9. The number of nitrogens with two attached hydrogens (primary N) is 1. The van der Waals surface area contributed by atoms with Gasteiger partial charge in [0, 0.05) is 30.3 Å². The number of nitrogens with one attached hydrogen (secondary N) is 2. The van der Waals surface area contributed by atoms with Crippen LogP contribution in [0.1, 0.15) is 26.3 Å². The predicted octanol–water partition coefficient (Wildman–Crippen LogP) is 5.72. The van der Waals surface area contributed by atoms with E-state index < -0.39 is 17.3 Å². The molecule has 1 fully saturated rings. The molecule has 2 heterocycles. The molecule has 37 heavy (non-hydrogen) atoms. The Morgan fingerprint density at radius 3 is 2.46 bits per heavy atom. The summed E-state index contributed by atoms with van der Waals surface area (Å²) in [6.07, 6.45) is -5.04. The monoisotopic (exact) mass is 538 g/mol. The molecule has 1 aliphatic heterocycles. The quantitative estimate of drug-likeness (QED) is 0.367. The van der Waals surface area contributed by atoms with Crippen LogP contribution in [0.5, 0.6) is 5.75 Å². The van der Waals surface area contributed by atoms with Gasteiger partial charge < -0.3 is 25.4 Å². The van der Waals surface area contributed by atoms with Crippen molar-refractivity contribution in [2.45, 2.75) is 32.5 Å². The molecule has 1 saturated heterocycles. The van der Waals surface area contributed by atoms with E-state index >= 15 is 0 Å². The van der Waals surface area contributed by atoms with E-state index in [4.69, 9.17) is 26.8 Å². The van der Waals surface area contributed by atoms with E-state index in [2.05, 4.69) is 20.5 Å². The van der Waals surface area contributed by atoms with Crippen LogP contribution in [-0.4, -0.2) is 51.5 Å². The Morgan fingerprint density at radius 2 is 1.89 bits per heavy atom. The molecule has 0 spiro atoms. The SMILES string of the molecule is CC(C)(C)OC(=O)N1CC(COc2ccc(-c3c(Cl)cc(Nc4n[nH]c(N)n4)cc3C(F)(F)F)cc2)C1. The molecule has 4 rings (SSSR count). The van der Waals surface area contributed by atoms with E-state index in [0.717, 1.165) is 6.07 Å². The zero-order chi connectivity index (χ0) is 27.0. The molecule has 0 atom stereocenters. The molecular formula is C24H26ClF3N6O3. The highest BCUT2D eigenvalue weighted by atomic mass is 35.5. The Labute approximate surface area is 216 Å². The van der Waals surface area contributed by atoms with Crippen molar-refractivity contribution in [3.8, 4) is 16.9 Å². The number of benzene rings is 2. The van der Waals surface area contributed by atoms with Crippen LogP contribution in [-0.2, 0) is 10.9 Å². The second-order valence-corrected chi connectivity index (χ2v) is 10.0. The van der Waals surface area contributed by atoms with Gasteiger partial charge in [-0.15, -0.1) is 5.10 Å². The lowest BCUT2D eigenvalue weighted by Gasteiger charge is -2.39. The number of nitrogen functional groups attached to an aromatic ring is 1. The maximum Gasteiger partial charge on any atom is 0.417 e. The minimum Gasteiger partial charge on any atom is -0.493 e. The molecular weight excluding hydrogens is 513 g/mol. The summed E-state index contributed by atoms with van der Waals surface area (Å²) in [5, 5.41) is 8.70. The van der Waals surface area contributed by atoms with Gasteiger partial charge in [0.15, 0.2) is 0 Å². The standard InChI is InChI=1S/C24H26ClF3N6O3/c1-23(2,3)37-22(35)34-10-13(11-34)12-36-16-6-4-14(5-7-16)19-17(24(26,27)28)8-15(9-18(19)25)30-21-31-20(29)32-33-21/h4-9,13H,10-12H2,1-3H3,(H4,29,30,31,32,33). The number of aromatic amines is 1. The molecule has 9 nitrogen and oxygen atoms in total. The minimum absolute atomic E-state index is 0.0108. The summed E-state index contributed by atoms with van der Waals surface area (Å²) < 4.78 is 52.9. The van der Waals surface area contributed by atoms with Crippen molar-refractivity contribution in [3.63, 3.8) is 0 Å². The highest BCUT2D eigenvalue weighted by Gasteiger charge is 2.36. The van der Waals surface area contributed by atoms with Gasteiger partial charge in [-0.1, -0.05) is 23.7 Å². The average molecular weight is 539 g/mol. The van der Waals surface area contributed by atoms with Crippen molar-refractivity contribution in [2.24, 2.45) is 5.92 Å². The van der Waals surface area contributed by atoms with Crippen LogP contribution in [0.25, 0.3) is 11.1 Å². The number of aromatic nitrogens is 3. The fourth-order valence-electron chi connectivity index (χ4n) is 3.74. The Morgan fingerprint density at radius 1 is 1.22 bits per heavy atom. The molecule has 3 aromatic rings. The van der Waals surface area contributed by atoms with Gasteiger partial charge in [-0.25, -0.2) is 9.89 Å². The number of alkyl halides is 3. The first-order chi connectivity index (χ1) is 17.3. The van der Waals surface area contributed by atoms with Crippen LogP contribution in [0.15, 0.2) is 36.4 Å². The molecule has 13 heteroatoms. The first-order valence-corrected chi connectivity index (χ1v) is 11.7. The van der Waals surface area contributed by atoms with Gasteiger partial charge >= 0.3 is 12.3 Å². The fourth-order valence-corrected chi connectivity index (χ4v) is 4.07.